The predicted molar refractivity (Wildman–Crippen MR) is 44.9 cm³/mol. The first-order valence-electron chi connectivity index (χ1n) is 3.21. The lowest BCUT2D eigenvalue weighted by Gasteiger charge is -2.16. The summed E-state index contributed by atoms with van der Waals surface area (Å²) in [6.07, 6.45) is -0.328. The normalized spacial score (nSPS) is 10.9. The van der Waals surface area contributed by atoms with Crippen molar-refractivity contribution < 1.29 is 14.0 Å². The van der Waals surface area contributed by atoms with Gasteiger partial charge in [-0.1, -0.05) is 0 Å². The fourth-order valence-electron chi connectivity index (χ4n) is 0.491. The Bertz CT molecular complexity index is 173. The van der Waals surface area contributed by atoms with Gasteiger partial charge in [-0.2, -0.15) is 0 Å². The highest BCUT2D eigenvalue weighted by Crippen LogP contribution is 2.05. The van der Waals surface area contributed by atoms with E-state index in [0.717, 1.165) is 0 Å². The molecule has 0 fully saturated rings. The summed E-state index contributed by atoms with van der Waals surface area (Å²) in [4.78, 5) is 21.0. The Morgan fingerprint density at radius 1 is 1.36 bits per heavy atom. The fraction of sp³-hybridized carbons (Fsp3) is 0.667. The molecule has 0 heterocycles. The van der Waals surface area contributed by atoms with Gasteiger partial charge >= 0.3 is 5.97 Å². The molecule has 0 aliphatic heterocycles. The maximum Gasteiger partial charge on any atom is 0.301 e. The third kappa shape index (κ3) is 7.54. The topological polar surface area (TPSA) is 43.4 Å². The van der Waals surface area contributed by atoms with Crippen LogP contribution in [-0.4, -0.2) is 19.5 Å². The third-order valence-corrected chi connectivity index (χ3v) is 1.68. The Morgan fingerprint density at radius 2 is 1.82 bits per heavy atom. The van der Waals surface area contributed by atoms with Gasteiger partial charge in [0.2, 0.25) is 13.6 Å². The molecule has 0 aromatic rings. The molecule has 0 rings (SSSR count). The van der Waals surface area contributed by atoms with Gasteiger partial charge < -0.3 is 4.43 Å². The number of halogens is 1. The van der Waals surface area contributed by atoms with Crippen molar-refractivity contribution in [3.05, 3.63) is 0 Å². The Morgan fingerprint density at radius 3 is 2.09 bits per heavy atom. The van der Waals surface area contributed by atoms with E-state index in [-0.39, 0.29) is 6.42 Å². The summed E-state index contributed by atoms with van der Waals surface area (Å²) < 4.78 is 4.94. The zero-order chi connectivity index (χ0) is 9.07. The van der Waals surface area contributed by atoms with Crippen LogP contribution in [0.1, 0.15) is 6.42 Å². The van der Waals surface area contributed by atoms with Crippen molar-refractivity contribution in [2.24, 2.45) is 0 Å². The molecule has 0 bridgehead atoms. The van der Waals surface area contributed by atoms with Crippen molar-refractivity contribution in [1.29, 1.82) is 0 Å². The average molecular weight is 195 g/mol. The molecular formula is C6H11ClO3Si. The summed E-state index contributed by atoms with van der Waals surface area (Å²) in [6.45, 7) is 5.59. The molecule has 0 saturated carbocycles. The van der Waals surface area contributed by atoms with Crippen LogP contribution in [0, 0.1) is 0 Å². The zero-order valence-electron chi connectivity index (χ0n) is 6.81. The first-order chi connectivity index (χ1) is 4.81. The van der Waals surface area contributed by atoms with E-state index in [1.165, 1.54) is 0 Å². The second kappa shape index (κ2) is 3.87. The van der Waals surface area contributed by atoms with Crippen LogP contribution in [0.2, 0.25) is 19.6 Å². The number of carbonyl (C=O) groups is 2. The summed E-state index contributed by atoms with van der Waals surface area (Å²) in [5.74, 6) is -0.524. The van der Waals surface area contributed by atoms with Crippen LogP contribution in [0.15, 0.2) is 0 Å². The number of carbonyl (C=O) groups excluding carboxylic acids is 2. The monoisotopic (exact) mass is 194 g/mol. The summed E-state index contributed by atoms with van der Waals surface area (Å²) in [7, 11) is -1.85. The molecular weight excluding hydrogens is 184 g/mol. The van der Waals surface area contributed by atoms with Gasteiger partial charge in [-0.05, 0) is 31.2 Å². The van der Waals surface area contributed by atoms with Crippen LogP contribution < -0.4 is 0 Å². The van der Waals surface area contributed by atoms with Crippen LogP contribution >= 0.6 is 11.6 Å². The third-order valence-electron chi connectivity index (χ3n) is 0.703. The maximum atomic E-state index is 10.8. The highest BCUT2D eigenvalue weighted by Gasteiger charge is 2.20. The molecule has 0 aromatic heterocycles. The molecule has 0 amide bonds. The summed E-state index contributed by atoms with van der Waals surface area (Å²) in [5.41, 5.74) is 0. The van der Waals surface area contributed by atoms with Gasteiger partial charge in [0.05, 0.1) is 0 Å². The molecule has 5 heteroatoms. The Labute approximate surface area is 71.8 Å². The lowest BCUT2D eigenvalue weighted by molar-refractivity contribution is -0.137. The van der Waals surface area contributed by atoms with E-state index in [0.29, 0.717) is 0 Å². The van der Waals surface area contributed by atoms with Crippen molar-refractivity contribution >= 4 is 31.1 Å². The van der Waals surface area contributed by atoms with Crippen LogP contribution in [0.5, 0.6) is 0 Å². The van der Waals surface area contributed by atoms with Crippen molar-refractivity contribution in [1.82, 2.24) is 0 Å². The van der Waals surface area contributed by atoms with Crippen molar-refractivity contribution in [2.75, 3.05) is 0 Å². The molecule has 0 atom stereocenters. The van der Waals surface area contributed by atoms with E-state index in [9.17, 15) is 9.59 Å². The minimum Gasteiger partial charge on any atom is -0.520 e. The Hall–Kier alpha value is -0.353. The SMILES string of the molecule is C[Si](C)(C)OC(=O)CC(=O)Cl. The van der Waals surface area contributed by atoms with E-state index in [4.69, 9.17) is 16.0 Å². The minimum absolute atomic E-state index is 0.328. The van der Waals surface area contributed by atoms with E-state index in [1.54, 1.807) is 0 Å². The zero-order valence-corrected chi connectivity index (χ0v) is 8.57. The quantitative estimate of drug-likeness (QED) is 0.389. The van der Waals surface area contributed by atoms with Crippen molar-refractivity contribution in [2.45, 2.75) is 26.1 Å². The average Bonchev–Trinajstić information content (AvgIpc) is 1.53. The molecule has 0 N–H and O–H groups in total. The van der Waals surface area contributed by atoms with Gasteiger partial charge in [0, 0.05) is 0 Å². The predicted octanol–water partition coefficient (Wildman–Crippen LogP) is 1.52. The highest BCUT2D eigenvalue weighted by atomic mass is 35.5. The molecule has 0 saturated heterocycles. The largest absolute Gasteiger partial charge is 0.520 e. The highest BCUT2D eigenvalue weighted by molar-refractivity contribution is 6.71. The van der Waals surface area contributed by atoms with E-state index < -0.39 is 19.5 Å². The maximum absolute atomic E-state index is 10.8. The Balaban J connectivity index is 3.80. The molecule has 0 spiro atoms. The summed E-state index contributed by atoms with van der Waals surface area (Å²) in [5, 5.41) is -0.673. The standard InChI is InChI=1S/C6H11ClO3Si/c1-11(2,3)10-6(9)4-5(7)8/h4H2,1-3H3. The first-order valence-corrected chi connectivity index (χ1v) is 7.00. The van der Waals surface area contributed by atoms with Crippen LogP contribution in [0.4, 0.5) is 0 Å². The number of rotatable bonds is 3. The van der Waals surface area contributed by atoms with Gasteiger partial charge in [0.25, 0.3) is 0 Å². The smallest absolute Gasteiger partial charge is 0.301 e. The molecule has 3 nitrogen and oxygen atoms in total. The number of hydrogen-bond donors (Lipinski definition) is 0. The lowest BCUT2D eigenvalue weighted by atomic mass is 10.5. The lowest BCUT2D eigenvalue weighted by Crippen LogP contribution is -2.29. The van der Waals surface area contributed by atoms with E-state index in [1.807, 2.05) is 19.6 Å². The molecule has 0 radical (unpaired) electrons. The van der Waals surface area contributed by atoms with Gasteiger partial charge in [-0.15, -0.1) is 0 Å². The molecule has 0 aromatic carbocycles. The van der Waals surface area contributed by atoms with Crippen LogP contribution in [-0.2, 0) is 14.0 Å². The van der Waals surface area contributed by atoms with Gasteiger partial charge in [-0.3, -0.25) is 9.59 Å². The van der Waals surface area contributed by atoms with Crippen LogP contribution in [0.25, 0.3) is 0 Å². The molecule has 0 aliphatic rings. The molecule has 0 unspecified atom stereocenters. The molecule has 0 aliphatic carbocycles. The minimum atomic E-state index is -1.85. The second-order valence-corrected chi connectivity index (χ2v) is 7.97. The fourth-order valence-corrected chi connectivity index (χ4v) is 1.36. The van der Waals surface area contributed by atoms with Gasteiger partial charge in [0.15, 0.2) is 0 Å². The van der Waals surface area contributed by atoms with E-state index >= 15 is 0 Å². The first kappa shape index (κ1) is 10.6. The van der Waals surface area contributed by atoms with Gasteiger partial charge in [0.1, 0.15) is 6.42 Å². The van der Waals surface area contributed by atoms with Crippen molar-refractivity contribution in [3.63, 3.8) is 0 Å². The Kier molecular flexibility index (Phi) is 3.75. The van der Waals surface area contributed by atoms with Crippen molar-refractivity contribution in [3.8, 4) is 0 Å². The van der Waals surface area contributed by atoms with E-state index in [2.05, 4.69) is 0 Å². The van der Waals surface area contributed by atoms with Crippen LogP contribution in [0.3, 0.4) is 0 Å². The second-order valence-electron chi connectivity index (χ2n) is 3.12. The summed E-state index contributed by atoms with van der Waals surface area (Å²) >= 11 is 4.98. The molecule has 64 valence electrons. The summed E-state index contributed by atoms with van der Waals surface area (Å²) in [6, 6.07) is 0. The van der Waals surface area contributed by atoms with Gasteiger partial charge in [-0.25, -0.2) is 0 Å². The number of hydrogen-bond acceptors (Lipinski definition) is 3. The molecule has 11 heavy (non-hydrogen) atoms.